The van der Waals surface area contributed by atoms with Gasteiger partial charge in [0.1, 0.15) is 10.6 Å². The third kappa shape index (κ3) is 1.94. The van der Waals surface area contributed by atoms with Crippen LogP contribution in [0.1, 0.15) is 24.1 Å². The SMILES string of the molecule is CNc1nc(NC2CC3CCC2O3)c2cc(C)sc2n1. The van der Waals surface area contributed by atoms with Crippen molar-refractivity contribution in [1.29, 1.82) is 0 Å². The largest absolute Gasteiger partial charge is 0.373 e. The Hall–Kier alpha value is -1.40. The van der Waals surface area contributed by atoms with E-state index in [0.29, 0.717) is 24.2 Å². The van der Waals surface area contributed by atoms with Crippen LogP contribution in [-0.4, -0.2) is 35.3 Å². The van der Waals surface area contributed by atoms with Crippen molar-refractivity contribution in [3.05, 3.63) is 10.9 Å². The fourth-order valence-corrected chi connectivity index (χ4v) is 4.11. The summed E-state index contributed by atoms with van der Waals surface area (Å²) in [6, 6.07) is 2.55. The summed E-state index contributed by atoms with van der Waals surface area (Å²) in [7, 11) is 1.85. The molecular formula is C14H18N4OS. The maximum atomic E-state index is 5.91. The van der Waals surface area contributed by atoms with Crippen LogP contribution in [0, 0.1) is 6.92 Å². The van der Waals surface area contributed by atoms with E-state index in [1.807, 2.05) is 7.05 Å². The van der Waals surface area contributed by atoms with E-state index in [0.717, 1.165) is 28.9 Å². The number of ether oxygens (including phenoxy) is 1. The molecule has 0 aromatic carbocycles. The van der Waals surface area contributed by atoms with E-state index in [2.05, 4.69) is 33.6 Å². The van der Waals surface area contributed by atoms with Gasteiger partial charge in [-0.2, -0.15) is 4.98 Å². The van der Waals surface area contributed by atoms with Crippen LogP contribution < -0.4 is 10.6 Å². The Kier molecular flexibility index (Phi) is 2.82. The average Bonchev–Trinajstić information content (AvgIpc) is 3.12. The van der Waals surface area contributed by atoms with Gasteiger partial charge in [-0.05, 0) is 32.3 Å². The molecule has 6 heteroatoms. The average molecular weight is 290 g/mol. The van der Waals surface area contributed by atoms with Gasteiger partial charge < -0.3 is 15.4 Å². The van der Waals surface area contributed by atoms with Crippen molar-refractivity contribution in [1.82, 2.24) is 9.97 Å². The number of hydrogen-bond acceptors (Lipinski definition) is 6. The molecule has 3 unspecified atom stereocenters. The second-order valence-corrected chi connectivity index (χ2v) is 6.82. The van der Waals surface area contributed by atoms with Crippen LogP contribution in [0.2, 0.25) is 0 Å². The maximum Gasteiger partial charge on any atom is 0.225 e. The fraction of sp³-hybridized carbons (Fsp3) is 0.571. The third-order valence-electron chi connectivity index (χ3n) is 4.17. The maximum absolute atomic E-state index is 5.91. The summed E-state index contributed by atoms with van der Waals surface area (Å²) < 4.78 is 5.91. The van der Waals surface area contributed by atoms with Crippen molar-refractivity contribution in [3.63, 3.8) is 0 Å². The normalized spacial score (nSPS) is 28.2. The predicted octanol–water partition coefficient (Wildman–Crippen LogP) is 2.77. The highest BCUT2D eigenvalue weighted by molar-refractivity contribution is 7.18. The lowest BCUT2D eigenvalue weighted by Crippen LogP contribution is -2.31. The summed E-state index contributed by atoms with van der Waals surface area (Å²) >= 11 is 1.71. The van der Waals surface area contributed by atoms with Gasteiger partial charge in [0.05, 0.1) is 23.6 Å². The van der Waals surface area contributed by atoms with E-state index < -0.39 is 0 Å². The molecule has 2 aliphatic heterocycles. The van der Waals surface area contributed by atoms with Gasteiger partial charge in [-0.1, -0.05) is 0 Å². The minimum absolute atomic E-state index is 0.350. The summed E-state index contributed by atoms with van der Waals surface area (Å²) in [5, 5.41) is 7.75. The molecule has 2 saturated heterocycles. The molecule has 2 N–H and O–H groups in total. The molecule has 0 aliphatic carbocycles. The van der Waals surface area contributed by atoms with Crippen LogP contribution in [0.15, 0.2) is 6.07 Å². The third-order valence-corrected chi connectivity index (χ3v) is 5.11. The molecule has 20 heavy (non-hydrogen) atoms. The highest BCUT2D eigenvalue weighted by Crippen LogP contribution is 2.37. The van der Waals surface area contributed by atoms with Gasteiger partial charge in [0.2, 0.25) is 5.95 Å². The number of hydrogen-bond donors (Lipinski definition) is 2. The molecule has 0 radical (unpaired) electrons. The van der Waals surface area contributed by atoms with Crippen molar-refractivity contribution in [3.8, 4) is 0 Å². The molecule has 2 bridgehead atoms. The van der Waals surface area contributed by atoms with Crippen LogP contribution in [0.25, 0.3) is 10.2 Å². The summed E-state index contributed by atoms with van der Waals surface area (Å²) in [5.41, 5.74) is 0. The number of aryl methyl sites for hydroxylation is 1. The quantitative estimate of drug-likeness (QED) is 0.910. The van der Waals surface area contributed by atoms with Crippen LogP contribution in [0.3, 0.4) is 0 Å². The molecule has 2 aromatic heterocycles. The standard InChI is InChI=1S/C14H18N4OS/c1-7-5-9-12(17-14(15-2)18-13(9)20-7)16-10-6-8-3-4-11(10)19-8/h5,8,10-11H,3-4,6H2,1-2H3,(H2,15,16,17,18). The Morgan fingerprint density at radius 3 is 2.95 bits per heavy atom. The van der Waals surface area contributed by atoms with Gasteiger partial charge >= 0.3 is 0 Å². The van der Waals surface area contributed by atoms with E-state index in [-0.39, 0.29) is 0 Å². The summed E-state index contributed by atoms with van der Waals surface area (Å²) in [5.74, 6) is 1.61. The van der Waals surface area contributed by atoms with Crippen LogP contribution in [0.5, 0.6) is 0 Å². The zero-order valence-corrected chi connectivity index (χ0v) is 12.5. The molecule has 2 aromatic rings. The lowest BCUT2D eigenvalue weighted by atomic mass is 9.95. The number of rotatable bonds is 3. The van der Waals surface area contributed by atoms with Crippen molar-refractivity contribution in [2.24, 2.45) is 0 Å². The number of nitrogens with zero attached hydrogens (tertiary/aromatic N) is 2. The van der Waals surface area contributed by atoms with E-state index in [1.54, 1.807) is 11.3 Å². The van der Waals surface area contributed by atoms with E-state index >= 15 is 0 Å². The molecule has 0 saturated carbocycles. The summed E-state index contributed by atoms with van der Waals surface area (Å²) in [4.78, 5) is 11.4. The highest BCUT2D eigenvalue weighted by atomic mass is 32.1. The Morgan fingerprint density at radius 2 is 2.25 bits per heavy atom. The van der Waals surface area contributed by atoms with Crippen molar-refractivity contribution in [2.75, 3.05) is 17.7 Å². The first-order chi connectivity index (χ1) is 9.72. The molecule has 4 heterocycles. The Bertz CT molecular complexity index is 656. The number of fused-ring (bicyclic) bond motifs is 3. The zero-order chi connectivity index (χ0) is 13.7. The monoisotopic (exact) mass is 290 g/mol. The molecule has 3 atom stereocenters. The van der Waals surface area contributed by atoms with Gasteiger partial charge in [0, 0.05) is 11.9 Å². The van der Waals surface area contributed by atoms with Crippen LogP contribution in [-0.2, 0) is 4.74 Å². The Morgan fingerprint density at radius 1 is 1.35 bits per heavy atom. The van der Waals surface area contributed by atoms with E-state index in [9.17, 15) is 0 Å². The highest BCUT2D eigenvalue weighted by Gasteiger charge is 2.41. The van der Waals surface area contributed by atoms with Gasteiger partial charge in [0.25, 0.3) is 0 Å². The number of thiophene rings is 1. The molecule has 2 aliphatic rings. The van der Waals surface area contributed by atoms with Crippen molar-refractivity contribution >= 4 is 33.3 Å². The van der Waals surface area contributed by atoms with E-state index in [1.165, 1.54) is 11.3 Å². The number of nitrogens with one attached hydrogen (secondary N) is 2. The molecule has 5 nitrogen and oxygen atoms in total. The molecule has 4 rings (SSSR count). The van der Waals surface area contributed by atoms with Gasteiger partial charge in [-0.25, -0.2) is 4.98 Å². The fourth-order valence-electron chi connectivity index (χ4n) is 3.23. The lowest BCUT2D eigenvalue weighted by Gasteiger charge is -2.21. The van der Waals surface area contributed by atoms with E-state index in [4.69, 9.17) is 4.74 Å². The van der Waals surface area contributed by atoms with Crippen LogP contribution in [0.4, 0.5) is 11.8 Å². The van der Waals surface area contributed by atoms with Gasteiger partial charge in [-0.15, -0.1) is 11.3 Å². The van der Waals surface area contributed by atoms with Gasteiger partial charge in [-0.3, -0.25) is 0 Å². The Labute approximate surface area is 121 Å². The van der Waals surface area contributed by atoms with Crippen LogP contribution >= 0.6 is 11.3 Å². The summed E-state index contributed by atoms with van der Waals surface area (Å²) in [6.07, 6.45) is 4.26. The second kappa shape index (κ2) is 4.56. The first-order valence-corrected chi connectivity index (χ1v) is 7.92. The smallest absolute Gasteiger partial charge is 0.225 e. The lowest BCUT2D eigenvalue weighted by molar-refractivity contribution is 0.102. The minimum Gasteiger partial charge on any atom is -0.373 e. The van der Waals surface area contributed by atoms with Gasteiger partial charge in [0.15, 0.2) is 0 Å². The minimum atomic E-state index is 0.350. The van der Waals surface area contributed by atoms with Crippen molar-refractivity contribution in [2.45, 2.75) is 44.4 Å². The number of anilines is 2. The summed E-state index contributed by atoms with van der Waals surface area (Å²) in [6.45, 7) is 2.11. The first kappa shape index (κ1) is 12.3. The molecule has 2 fully saturated rings. The zero-order valence-electron chi connectivity index (χ0n) is 11.6. The molecular weight excluding hydrogens is 272 g/mol. The first-order valence-electron chi connectivity index (χ1n) is 7.11. The predicted molar refractivity (Wildman–Crippen MR) is 81.6 cm³/mol. The second-order valence-electron chi connectivity index (χ2n) is 5.58. The number of aromatic nitrogens is 2. The molecule has 0 amide bonds. The molecule has 0 spiro atoms. The Balaban J connectivity index is 1.70. The topological polar surface area (TPSA) is 59.1 Å². The van der Waals surface area contributed by atoms with Crippen molar-refractivity contribution < 1.29 is 4.74 Å². The molecule has 106 valence electrons.